The standard InChI is InChI=1S/C8H13N/c1-4-7-9(6-3)8-5-2/h4-5H,1-2,7-8H2,3H3. The van der Waals surface area contributed by atoms with Gasteiger partial charge in [0.25, 0.3) is 0 Å². The Morgan fingerprint density at radius 1 is 1.33 bits per heavy atom. The molecular formula is C8H13N. The van der Waals surface area contributed by atoms with Crippen molar-refractivity contribution in [1.29, 1.82) is 0 Å². The molecule has 0 N–H and O–H groups in total. The van der Waals surface area contributed by atoms with Crippen LogP contribution in [0.4, 0.5) is 0 Å². The lowest BCUT2D eigenvalue weighted by Gasteiger charge is -2.13. The highest BCUT2D eigenvalue weighted by molar-refractivity contribution is 4.81. The van der Waals surface area contributed by atoms with Crippen LogP contribution in [0.2, 0.25) is 0 Å². The van der Waals surface area contributed by atoms with E-state index in [2.05, 4.69) is 19.7 Å². The summed E-state index contributed by atoms with van der Waals surface area (Å²) in [7, 11) is 0. The molecule has 0 aromatic carbocycles. The summed E-state index contributed by atoms with van der Waals surface area (Å²) in [6.07, 6.45) is 3.69. The second kappa shape index (κ2) is 5.57. The van der Waals surface area contributed by atoms with E-state index in [1.165, 1.54) is 0 Å². The molecule has 0 aromatic rings. The summed E-state index contributed by atoms with van der Waals surface area (Å²) < 4.78 is 0. The number of hydrogen-bond donors (Lipinski definition) is 0. The molecule has 0 unspecified atom stereocenters. The molecule has 2 radical (unpaired) electrons. The molecule has 0 aliphatic carbocycles. The predicted octanol–water partition coefficient (Wildman–Crippen LogP) is 1.72. The Balaban J connectivity index is 3.39. The third-order valence-corrected chi connectivity index (χ3v) is 1.02. The van der Waals surface area contributed by atoms with Crippen molar-refractivity contribution in [3.8, 4) is 0 Å². The normalized spacial score (nSPS) is 9.56. The Kier molecular flexibility index (Phi) is 5.23. The highest BCUT2D eigenvalue weighted by Crippen LogP contribution is 1.90. The first kappa shape index (κ1) is 8.44. The first-order valence-corrected chi connectivity index (χ1v) is 2.99. The maximum atomic E-state index is 3.61. The molecule has 0 aliphatic rings. The lowest BCUT2D eigenvalue weighted by molar-refractivity contribution is 0.414. The largest absolute Gasteiger partial charge is 0.287 e. The maximum Gasteiger partial charge on any atom is 0.0587 e. The molecular weight excluding hydrogens is 110 g/mol. The molecule has 9 heavy (non-hydrogen) atoms. The number of rotatable bonds is 5. The summed E-state index contributed by atoms with van der Waals surface area (Å²) in [6, 6.07) is 0. The molecule has 0 rings (SSSR count). The van der Waals surface area contributed by atoms with Gasteiger partial charge in [-0.25, -0.2) is 0 Å². The van der Waals surface area contributed by atoms with Crippen LogP contribution >= 0.6 is 0 Å². The van der Waals surface area contributed by atoms with E-state index in [1.54, 1.807) is 0 Å². The van der Waals surface area contributed by atoms with E-state index in [9.17, 15) is 0 Å². The molecule has 0 aliphatic heterocycles. The molecule has 1 heteroatoms. The summed E-state index contributed by atoms with van der Waals surface area (Å²) >= 11 is 0. The van der Waals surface area contributed by atoms with Crippen LogP contribution in [0.3, 0.4) is 0 Å². The SMILES string of the molecule is C=CCN([C]C)CC=C. The Labute approximate surface area is 57.7 Å². The van der Waals surface area contributed by atoms with Crippen LogP contribution in [-0.4, -0.2) is 18.0 Å². The topological polar surface area (TPSA) is 3.24 Å². The van der Waals surface area contributed by atoms with Gasteiger partial charge in [-0.05, 0) is 6.92 Å². The van der Waals surface area contributed by atoms with Crippen molar-refractivity contribution in [2.75, 3.05) is 13.1 Å². The molecule has 0 spiro atoms. The highest BCUT2D eigenvalue weighted by Gasteiger charge is 1.93. The first-order valence-electron chi connectivity index (χ1n) is 2.99. The van der Waals surface area contributed by atoms with Gasteiger partial charge in [-0.15, -0.1) is 13.2 Å². The fourth-order valence-electron chi connectivity index (χ4n) is 0.569. The Morgan fingerprint density at radius 2 is 1.78 bits per heavy atom. The molecule has 0 saturated heterocycles. The van der Waals surface area contributed by atoms with Crippen LogP contribution in [0, 0.1) is 6.54 Å². The fourth-order valence-corrected chi connectivity index (χ4v) is 0.569. The van der Waals surface area contributed by atoms with Gasteiger partial charge in [-0.2, -0.15) is 0 Å². The molecule has 50 valence electrons. The van der Waals surface area contributed by atoms with Gasteiger partial charge in [0.15, 0.2) is 0 Å². The van der Waals surface area contributed by atoms with Crippen LogP contribution in [0.15, 0.2) is 25.3 Å². The van der Waals surface area contributed by atoms with E-state index in [1.807, 2.05) is 24.0 Å². The summed E-state index contributed by atoms with van der Waals surface area (Å²) in [5, 5.41) is 0. The van der Waals surface area contributed by atoms with Gasteiger partial charge in [0, 0.05) is 13.1 Å². The van der Waals surface area contributed by atoms with E-state index in [-0.39, 0.29) is 0 Å². The zero-order valence-corrected chi connectivity index (χ0v) is 5.93. The van der Waals surface area contributed by atoms with Crippen molar-refractivity contribution in [2.45, 2.75) is 6.92 Å². The quantitative estimate of drug-likeness (QED) is 0.397. The summed E-state index contributed by atoms with van der Waals surface area (Å²) in [5.41, 5.74) is 0. The zero-order chi connectivity index (χ0) is 7.11. The fraction of sp³-hybridized carbons (Fsp3) is 0.375. The van der Waals surface area contributed by atoms with E-state index < -0.39 is 0 Å². The Morgan fingerprint density at radius 3 is 2.00 bits per heavy atom. The van der Waals surface area contributed by atoms with Gasteiger partial charge in [-0.3, -0.25) is 4.90 Å². The van der Waals surface area contributed by atoms with Gasteiger partial charge < -0.3 is 0 Å². The average Bonchev–Trinajstić information content (AvgIpc) is 1.88. The summed E-state index contributed by atoms with van der Waals surface area (Å²) in [5.74, 6) is 0. The van der Waals surface area contributed by atoms with Crippen molar-refractivity contribution in [3.63, 3.8) is 0 Å². The molecule has 1 nitrogen and oxygen atoms in total. The molecule has 0 aromatic heterocycles. The smallest absolute Gasteiger partial charge is 0.0587 e. The van der Waals surface area contributed by atoms with Gasteiger partial charge >= 0.3 is 0 Å². The highest BCUT2D eigenvalue weighted by atomic mass is 15.1. The van der Waals surface area contributed by atoms with Crippen LogP contribution in [0.25, 0.3) is 0 Å². The Bertz CT molecular complexity index is 76.6. The zero-order valence-electron chi connectivity index (χ0n) is 5.93. The molecule has 0 amide bonds. The van der Waals surface area contributed by atoms with E-state index in [0.29, 0.717) is 0 Å². The lowest BCUT2D eigenvalue weighted by atomic mass is 10.4. The van der Waals surface area contributed by atoms with E-state index in [4.69, 9.17) is 0 Å². The molecule has 0 atom stereocenters. The van der Waals surface area contributed by atoms with Gasteiger partial charge in [0.2, 0.25) is 0 Å². The molecule has 0 saturated carbocycles. The van der Waals surface area contributed by atoms with Crippen molar-refractivity contribution in [1.82, 2.24) is 4.90 Å². The third-order valence-electron chi connectivity index (χ3n) is 1.02. The summed E-state index contributed by atoms with van der Waals surface area (Å²) in [4.78, 5) is 2.00. The van der Waals surface area contributed by atoms with Crippen molar-refractivity contribution in [3.05, 3.63) is 31.9 Å². The van der Waals surface area contributed by atoms with Crippen LogP contribution < -0.4 is 0 Å². The minimum atomic E-state index is 0.850. The van der Waals surface area contributed by atoms with E-state index in [0.717, 1.165) is 13.1 Å². The minimum absolute atomic E-state index is 0.850. The second-order valence-corrected chi connectivity index (χ2v) is 1.71. The average molecular weight is 123 g/mol. The molecule has 0 bridgehead atoms. The van der Waals surface area contributed by atoms with Crippen LogP contribution in [-0.2, 0) is 0 Å². The molecule has 0 fully saturated rings. The van der Waals surface area contributed by atoms with E-state index >= 15 is 0 Å². The summed E-state index contributed by atoms with van der Waals surface area (Å²) in [6.45, 7) is 13.8. The van der Waals surface area contributed by atoms with Crippen molar-refractivity contribution < 1.29 is 0 Å². The van der Waals surface area contributed by atoms with Crippen LogP contribution in [0.5, 0.6) is 0 Å². The predicted molar refractivity (Wildman–Crippen MR) is 40.9 cm³/mol. The third kappa shape index (κ3) is 3.98. The van der Waals surface area contributed by atoms with Crippen molar-refractivity contribution in [2.24, 2.45) is 0 Å². The number of hydrogen-bond acceptors (Lipinski definition) is 1. The monoisotopic (exact) mass is 123 g/mol. The lowest BCUT2D eigenvalue weighted by Crippen LogP contribution is -2.18. The van der Waals surface area contributed by atoms with Gasteiger partial charge in [0.1, 0.15) is 0 Å². The van der Waals surface area contributed by atoms with Gasteiger partial charge in [0.05, 0.1) is 6.54 Å². The van der Waals surface area contributed by atoms with Crippen molar-refractivity contribution >= 4 is 0 Å². The van der Waals surface area contributed by atoms with Crippen LogP contribution in [0.1, 0.15) is 6.92 Å². The van der Waals surface area contributed by atoms with Gasteiger partial charge in [-0.1, -0.05) is 12.2 Å². The first-order chi connectivity index (χ1) is 4.35. The second-order valence-electron chi connectivity index (χ2n) is 1.71. The number of nitrogens with zero attached hydrogens (tertiary/aromatic N) is 1. The maximum absolute atomic E-state index is 3.61. The Hall–Kier alpha value is -0.560. The minimum Gasteiger partial charge on any atom is -0.287 e. The molecule has 0 heterocycles.